The highest BCUT2D eigenvalue weighted by Crippen LogP contribution is 2.53. The van der Waals surface area contributed by atoms with Crippen LogP contribution in [0.3, 0.4) is 0 Å². The molecule has 0 aromatic heterocycles. The van der Waals surface area contributed by atoms with Crippen molar-refractivity contribution >= 4 is 21.5 Å². The second-order valence-electron chi connectivity index (χ2n) is 7.68. The normalized spacial score (nSPS) is 19.4. The van der Waals surface area contributed by atoms with E-state index >= 15 is 0 Å². The summed E-state index contributed by atoms with van der Waals surface area (Å²) in [4.78, 5) is 0. The molecule has 4 aromatic rings. The fourth-order valence-electron chi connectivity index (χ4n) is 4.84. The summed E-state index contributed by atoms with van der Waals surface area (Å²) >= 11 is 0. The van der Waals surface area contributed by atoms with Crippen molar-refractivity contribution in [1.82, 2.24) is 0 Å². The van der Waals surface area contributed by atoms with Gasteiger partial charge in [-0.25, -0.2) is 0 Å². The summed E-state index contributed by atoms with van der Waals surface area (Å²) in [6.45, 7) is 2.14. The van der Waals surface area contributed by atoms with Crippen LogP contribution in [-0.4, -0.2) is 0 Å². The molecule has 2 aliphatic heterocycles. The van der Waals surface area contributed by atoms with Crippen LogP contribution >= 0.6 is 0 Å². The Balaban J connectivity index is 1.81. The van der Waals surface area contributed by atoms with Crippen LogP contribution in [0.4, 0.5) is 0 Å². The van der Waals surface area contributed by atoms with Crippen molar-refractivity contribution in [2.24, 2.45) is 0 Å². The van der Waals surface area contributed by atoms with Gasteiger partial charge in [0, 0.05) is 17.5 Å². The molecule has 1 atom stereocenters. The van der Waals surface area contributed by atoms with E-state index in [0.29, 0.717) is 0 Å². The molecule has 6 rings (SSSR count). The maximum Gasteiger partial charge on any atom is 0.132 e. The molecule has 4 aromatic carbocycles. The van der Waals surface area contributed by atoms with Crippen LogP contribution in [0.5, 0.6) is 11.5 Å². The smallest absolute Gasteiger partial charge is 0.132 e. The lowest BCUT2D eigenvalue weighted by molar-refractivity contribution is 0.373. The molecule has 1 spiro atoms. The quantitative estimate of drug-likeness (QED) is 0.361. The first-order valence-electron chi connectivity index (χ1n) is 10.1. The van der Waals surface area contributed by atoms with Crippen molar-refractivity contribution in [1.29, 1.82) is 0 Å². The Bertz CT molecular complexity index is 1300. The molecule has 29 heavy (non-hydrogen) atoms. The lowest BCUT2D eigenvalue weighted by atomic mass is 9.68. The van der Waals surface area contributed by atoms with Crippen molar-refractivity contribution in [3.63, 3.8) is 0 Å². The fourth-order valence-corrected chi connectivity index (χ4v) is 4.84. The van der Waals surface area contributed by atoms with Crippen LogP contribution in [0.25, 0.3) is 21.5 Å². The Kier molecular flexibility index (Phi) is 3.39. The van der Waals surface area contributed by atoms with Gasteiger partial charge in [-0.2, -0.15) is 0 Å². The third-order valence-electron chi connectivity index (χ3n) is 6.11. The van der Waals surface area contributed by atoms with Gasteiger partial charge in [0.15, 0.2) is 0 Å². The molecule has 0 amide bonds. The molecule has 2 aliphatic rings. The van der Waals surface area contributed by atoms with E-state index < -0.39 is 5.41 Å². The number of fused-ring (bicyclic) bond motifs is 8. The third-order valence-corrected chi connectivity index (χ3v) is 6.11. The van der Waals surface area contributed by atoms with Gasteiger partial charge in [0.25, 0.3) is 0 Å². The first kappa shape index (κ1) is 16.4. The summed E-state index contributed by atoms with van der Waals surface area (Å²) in [5.74, 6) is 2.81. The maximum atomic E-state index is 6.33. The monoisotopic (exact) mass is 376 g/mol. The van der Waals surface area contributed by atoms with E-state index in [4.69, 9.17) is 9.47 Å². The van der Waals surface area contributed by atoms with Gasteiger partial charge in [0.2, 0.25) is 0 Å². The molecular formula is C27H20O2. The van der Waals surface area contributed by atoms with E-state index in [-0.39, 0.29) is 0 Å². The second kappa shape index (κ2) is 5.99. The summed E-state index contributed by atoms with van der Waals surface area (Å²) in [5.41, 5.74) is 1.93. The molecule has 0 N–H and O–H groups in total. The number of benzene rings is 4. The van der Waals surface area contributed by atoms with Crippen LogP contribution < -0.4 is 9.47 Å². The summed E-state index contributed by atoms with van der Waals surface area (Å²) in [5, 5.41) is 4.84. The summed E-state index contributed by atoms with van der Waals surface area (Å²) in [6.07, 6.45) is 7.14. The SMILES string of the molecule is CCC1=CC2(C=COc3ccc4ccccc4c32)c2c(ccc3ccccc23)O1. The van der Waals surface area contributed by atoms with Crippen LogP contribution in [-0.2, 0) is 5.41 Å². The van der Waals surface area contributed by atoms with Gasteiger partial charge in [0.05, 0.1) is 11.7 Å². The van der Waals surface area contributed by atoms with E-state index in [2.05, 4.69) is 91.9 Å². The highest BCUT2D eigenvalue weighted by Gasteiger charge is 2.42. The fraction of sp³-hybridized carbons (Fsp3) is 0.111. The number of ether oxygens (including phenoxy) is 2. The zero-order valence-electron chi connectivity index (χ0n) is 16.2. The van der Waals surface area contributed by atoms with Crippen LogP contribution in [0.1, 0.15) is 24.5 Å². The topological polar surface area (TPSA) is 18.5 Å². The van der Waals surface area contributed by atoms with Crippen molar-refractivity contribution in [2.75, 3.05) is 0 Å². The minimum Gasteiger partial charge on any atom is -0.465 e. The zero-order valence-corrected chi connectivity index (χ0v) is 16.2. The van der Waals surface area contributed by atoms with Gasteiger partial charge in [0.1, 0.15) is 17.3 Å². The van der Waals surface area contributed by atoms with Crippen molar-refractivity contribution in [3.8, 4) is 11.5 Å². The van der Waals surface area contributed by atoms with E-state index in [0.717, 1.165) is 23.7 Å². The van der Waals surface area contributed by atoms with Crippen molar-refractivity contribution < 1.29 is 9.47 Å². The Hall–Kier alpha value is -3.52. The van der Waals surface area contributed by atoms with E-state index in [1.54, 1.807) is 0 Å². The van der Waals surface area contributed by atoms with Gasteiger partial charge in [-0.05, 0) is 45.8 Å². The number of rotatable bonds is 1. The molecular weight excluding hydrogens is 356 g/mol. The highest BCUT2D eigenvalue weighted by atomic mass is 16.5. The molecule has 0 fully saturated rings. The Morgan fingerprint density at radius 2 is 1.34 bits per heavy atom. The molecule has 0 radical (unpaired) electrons. The molecule has 2 nitrogen and oxygen atoms in total. The highest BCUT2D eigenvalue weighted by molar-refractivity contribution is 5.96. The van der Waals surface area contributed by atoms with Gasteiger partial charge < -0.3 is 9.47 Å². The molecule has 0 saturated heterocycles. The minimum atomic E-state index is -0.436. The van der Waals surface area contributed by atoms with Crippen LogP contribution in [0, 0.1) is 0 Å². The van der Waals surface area contributed by atoms with Gasteiger partial charge in [-0.15, -0.1) is 0 Å². The Morgan fingerprint density at radius 1 is 0.724 bits per heavy atom. The largest absolute Gasteiger partial charge is 0.465 e. The average Bonchev–Trinajstić information content (AvgIpc) is 2.78. The lowest BCUT2D eigenvalue weighted by Crippen LogP contribution is -2.31. The standard InChI is InChI=1S/C27H20O2/c1-2-20-17-27(26-22-10-6-4-8-19(22)12-14-24(26)29-20)15-16-28-23-13-11-18-7-3-5-9-21(18)25(23)27/h3-17H,2H2,1H3. The van der Waals surface area contributed by atoms with E-state index in [1.807, 2.05) is 6.26 Å². The average molecular weight is 376 g/mol. The van der Waals surface area contributed by atoms with Crippen molar-refractivity contribution in [2.45, 2.75) is 18.8 Å². The molecule has 0 saturated carbocycles. The Morgan fingerprint density at radius 3 is 2.03 bits per heavy atom. The third kappa shape index (κ3) is 2.23. The van der Waals surface area contributed by atoms with Crippen LogP contribution in [0.2, 0.25) is 0 Å². The van der Waals surface area contributed by atoms with Gasteiger partial charge >= 0.3 is 0 Å². The molecule has 0 aliphatic carbocycles. The molecule has 1 unspecified atom stereocenters. The Labute approximate surface area is 169 Å². The zero-order chi connectivity index (χ0) is 19.4. The summed E-state index contributed by atoms with van der Waals surface area (Å²) in [7, 11) is 0. The maximum absolute atomic E-state index is 6.33. The second-order valence-corrected chi connectivity index (χ2v) is 7.68. The number of allylic oxidation sites excluding steroid dienone is 3. The molecule has 140 valence electrons. The first-order valence-corrected chi connectivity index (χ1v) is 10.1. The predicted molar refractivity (Wildman–Crippen MR) is 117 cm³/mol. The predicted octanol–water partition coefficient (Wildman–Crippen LogP) is 6.87. The van der Waals surface area contributed by atoms with E-state index in [9.17, 15) is 0 Å². The molecule has 0 bridgehead atoms. The number of hydrogen-bond donors (Lipinski definition) is 0. The summed E-state index contributed by atoms with van der Waals surface area (Å²) in [6, 6.07) is 25.6. The van der Waals surface area contributed by atoms with Crippen LogP contribution in [0.15, 0.2) is 97.0 Å². The first-order chi connectivity index (χ1) is 14.3. The van der Waals surface area contributed by atoms with Crippen molar-refractivity contribution in [3.05, 3.63) is 108 Å². The summed E-state index contributed by atoms with van der Waals surface area (Å²) < 4.78 is 12.3. The van der Waals surface area contributed by atoms with E-state index in [1.165, 1.54) is 32.7 Å². The molecule has 2 heterocycles. The molecule has 2 heteroatoms. The van der Waals surface area contributed by atoms with Gasteiger partial charge in [-0.1, -0.05) is 67.6 Å². The number of hydrogen-bond acceptors (Lipinski definition) is 2. The lowest BCUT2D eigenvalue weighted by Gasteiger charge is -2.39. The van der Waals surface area contributed by atoms with Gasteiger partial charge in [-0.3, -0.25) is 0 Å². The minimum absolute atomic E-state index is 0.436.